The van der Waals surface area contributed by atoms with Gasteiger partial charge in [0.15, 0.2) is 17.3 Å². The number of benzene rings is 2. The zero-order valence-corrected chi connectivity index (χ0v) is 16.3. The zero-order chi connectivity index (χ0) is 20.5. The van der Waals surface area contributed by atoms with Crippen LogP contribution in [-0.2, 0) is 9.59 Å². The van der Waals surface area contributed by atoms with Gasteiger partial charge in [-0.3, -0.25) is 9.59 Å². The molecule has 4 rings (SSSR count). The second kappa shape index (κ2) is 7.70. The van der Waals surface area contributed by atoms with E-state index in [1.54, 1.807) is 26.4 Å². The normalized spacial score (nSPS) is 21.5. The van der Waals surface area contributed by atoms with E-state index in [1.165, 1.54) is 12.1 Å². The summed E-state index contributed by atoms with van der Waals surface area (Å²) in [7, 11) is 3.15. The van der Waals surface area contributed by atoms with Gasteiger partial charge in [-0.05, 0) is 47.7 Å². The quantitative estimate of drug-likeness (QED) is 0.854. The summed E-state index contributed by atoms with van der Waals surface area (Å²) in [5.74, 6) is 0.382. The van der Waals surface area contributed by atoms with Gasteiger partial charge in [0.1, 0.15) is 5.82 Å². The summed E-state index contributed by atoms with van der Waals surface area (Å²) in [6.07, 6.45) is 1.10. The van der Waals surface area contributed by atoms with Crippen molar-refractivity contribution in [2.75, 3.05) is 14.2 Å². The number of amides is 1. The first-order chi connectivity index (χ1) is 14.0. The molecule has 1 aliphatic carbocycles. The summed E-state index contributed by atoms with van der Waals surface area (Å²) in [6, 6.07) is 11.7. The number of carbonyl (C=O) groups is 2. The van der Waals surface area contributed by atoms with Gasteiger partial charge in [0.05, 0.1) is 14.2 Å². The fraction of sp³-hybridized carbons (Fsp3) is 0.304. The van der Waals surface area contributed by atoms with Gasteiger partial charge in [-0.25, -0.2) is 4.39 Å². The maximum Gasteiger partial charge on any atom is 0.225 e. The first-order valence-corrected chi connectivity index (χ1v) is 9.53. The Labute approximate surface area is 168 Å². The second-order valence-corrected chi connectivity index (χ2v) is 7.39. The number of halogens is 1. The van der Waals surface area contributed by atoms with Crippen LogP contribution in [0.2, 0.25) is 0 Å². The van der Waals surface area contributed by atoms with Crippen LogP contribution in [0.4, 0.5) is 4.39 Å². The van der Waals surface area contributed by atoms with Gasteiger partial charge in [0.25, 0.3) is 0 Å². The number of ether oxygens (including phenoxy) is 2. The lowest BCUT2D eigenvalue weighted by Crippen LogP contribution is -2.38. The molecule has 0 saturated carbocycles. The number of hydrogen-bond acceptors (Lipinski definition) is 4. The summed E-state index contributed by atoms with van der Waals surface area (Å²) in [5.41, 5.74) is 3.06. The Kier molecular flexibility index (Phi) is 5.09. The first-order valence-electron chi connectivity index (χ1n) is 9.53. The average Bonchev–Trinajstić information content (AvgIpc) is 2.72. The van der Waals surface area contributed by atoms with Crippen LogP contribution >= 0.6 is 0 Å². The molecule has 2 aliphatic rings. The lowest BCUT2D eigenvalue weighted by Gasteiger charge is -2.34. The van der Waals surface area contributed by atoms with E-state index in [0.29, 0.717) is 35.6 Å². The monoisotopic (exact) mass is 395 g/mol. The first kappa shape index (κ1) is 19.2. The van der Waals surface area contributed by atoms with E-state index in [9.17, 15) is 14.0 Å². The van der Waals surface area contributed by atoms with Gasteiger partial charge >= 0.3 is 0 Å². The molecular weight excluding hydrogens is 373 g/mol. The maximum absolute atomic E-state index is 13.3. The van der Waals surface area contributed by atoms with Crippen LogP contribution in [0.25, 0.3) is 0 Å². The number of nitrogens with one attached hydrogen (secondary N) is 1. The molecule has 0 radical (unpaired) electrons. The molecule has 1 N–H and O–H groups in total. The summed E-state index contributed by atoms with van der Waals surface area (Å²) < 4.78 is 24.0. The van der Waals surface area contributed by atoms with Gasteiger partial charge in [0, 0.05) is 30.0 Å². The molecule has 1 heterocycles. The Morgan fingerprint density at radius 3 is 2.28 bits per heavy atom. The van der Waals surface area contributed by atoms with E-state index >= 15 is 0 Å². The van der Waals surface area contributed by atoms with Gasteiger partial charge < -0.3 is 14.8 Å². The predicted octanol–water partition coefficient (Wildman–Crippen LogP) is 3.85. The van der Waals surface area contributed by atoms with Crippen molar-refractivity contribution in [2.45, 2.75) is 31.1 Å². The van der Waals surface area contributed by atoms with E-state index in [0.717, 1.165) is 11.1 Å². The Morgan fingerprint density at radius 1 is 0.897 bits per heavy atom. The largest absolute Gasteiger partial charge is 0.493 e. The van der Waals surface area contributed by atoms with Crippen LogP contribution in [0.5, 0.6) is 11.5 Å². The lowest BCUT2D eigenvalue weighted by molar-refractivity contribution is -0.122. The van der Waals surface area contributed by atoms with Crippen molar-refractivity contribution >= 4 is 11.7 Å². The van der Waals surface area contributed by atoms with Gasteiger partial charge in [-0.2, -0.15) is 0 Å². The second-order valence-electron chi connectivity index (χ2n) is 7.39. The van der Waals surface area contributed by atoms with Crippen molar-refractivity contribution in [2.24, 2.45) is 0 Å². The van der Waals surface area contributed by atoms with Crippen LogP contribution in [0.3, 0.4) is 0 Å². The summed E-state index contributed by atoms with van der Waals surface area (Å²) in [4.78, 5) is 25.4. The zero-order valence-electron chi connectivity index (χ0n) is 16.3. The van der Waals surface area contributed by atoms with Crippen LogP contribution in [-0.4, -0.2) is 25.9 Å². The highest BCUT2D eigenvalue weighted by Gasteiger charge is 2.38. The Balaban J connectivity index is 1.68. The highest BCUT2D eigenvalue weighted by molar-refractivity contribution is 6.02. The molecule has 0 fully saturated rings. The molecular formula is C23H22FNO4. The van der Waals surface area contributed by atoms with E-state index in [-0.39, 0.29) is 35.8 Å². The van der Waals surface area contributed by atoms with E-state index in [1.807, 2.05) is 18.2 Å². The van der Waals surface area contributed by atoms with Crippen LogP contribution in [0.15, 0.2) is 53.7 Å². The minimum Gasteiger partial charge on any atom is -0.493 e. The molecule has 0 bridgehead atoms. The Morgan fingerprint density at radius 2 is 1.59 bits per heavy atom. The summed E-state index contributed by atoms with van der Waals surface area (Å²) >= 11 is 0. The van der Waals surface area contributed by atoms with Crippen molar-refractivity contribution in [1.82, 2.24) is 5.32 Å². The third-order valence-electron chi connectivity index (χ3n) is 5.69. The topological polar surface area (TPSA) is 64.6 Å². The third-order valence-corrected chi connectivity index (χ3v) is 5.69. The number of carbonyl (C=O) groups excluding carboxylic acids is 2. The average molecular weight is 395 g/mol. The van der Waals surface area contributed by atoms with Crippen molar-refractivity contribution in [3.05, 3.63) is 70.7 Å². The van der Waals surface area contributed by atoms with Crippen molar-refractivity contribution in [1.29, 1.82) is 0 Å². The molecule has 2 aromatic rings. The third kappa shape index (κ3) is 3.62. The van der Waals surface area contributed by atoms with Crippen LogP contribution < -0.4 is 14.8 Å². The predicted molar refractivity (Wildman–Crippen MR) is 105 cm³/mol. The molecule has 0 aromatic heterocycles. The SMILES string of the molecule is COc1ccc([C@H]2CC(=O)C3=C(C2)NC(=O)C[C@H]3c2ccc(F)cc2)cc1OC. The molecule has 29 heavy (non-hydrogen) atoms. The molecule has 150 valence electrons. The Bertz CT molecular complexity index is 996. The van der Waals surface area contributed by atoms with E-state index in [2.05, 4.69) is 5.32 Å². The summed E-state index contributed by atoms with van der Waals surface area (Å²) in [6.45, 7) is 0. The lowest BCUT2D eigenvalue weighted by atomic mass is 9.73. The fourth-order valence-corrected chi connectivity index (χ4v) is 4.28. The molecule has 2 aromatic carbocycles. The fourth-order valence-electron chi connectivity index (χ4n) is 4.28. The molecule has 0 saturated heterocycles. The standard InChI is InChI=1S/C23H22FNO4/c1-28-20-8-5-14(11-21(20)29-2)15-9-18-23(19(26)10-15)17(12-22(27)25-18)13-3-6-16(24)7-4-13/h3-8,11,15,17H,9-10,12H2,1-2H3,(H,25,27)/t15-,17+/m1/s1. The molecule has 0 spiro atoms. The number of allylic oxidation sites excluding steroid dienone is 2. The molecule has 2 atom stereocenters. The molecule has 0 unspecified atom stereocenters. The number of methoxy groups -OCH3 is 2. The Hall–Kier alpha value is -3.15. The van der Waals surface area contributed by atoms with Gasteiger partial charge in [0.2, 0.25) is 5.91 Å². The van der Waals surface area contributed by atoms with Crippen LogP contribution in [0.1, 0.15) is 42.2 Å². The van der Waals surface area contributed by atoms with Crippen molar-refractivity contribution < 1.29 is 23.5 Å². The van der Waals surface area contributed by atoms with Gasteiger partial charge in [-0.1, -0.05) is 18.2 Å². The molecule has 6 heteroatoms. The smallest absolute Gasteiger partial charge is 0.225 e. The number of rotatable bonds is 4. The number of ketones is 1. The van der Waals surface area contributed by atoms with E-state index < -0.39 is 0 Å². The van der Waals surface area contributed by atoms with E-state index in [4.69, 9.17) is 9.47 Å². The van der Waals surface area contributed by atoms with Crippen LogP contribution in [0, 0.1) is 5.82 Å². The number of Topliss-reactive ketones (excluding diaryl/α,β-unsaturated/α-hetero) is 1. The molecule has 1 aliphatic heterocycles. The summed E-state index contributed by atoms with van der Waals surface area (Å²) in [5, 5.41) is 2.90. The molecule has 1 amide bonds. The highest BCUT2D eigenvalue weighted by atomic mass is 19.1. The minimum atomic E-state index is -0.341. The molecule has 5 nitrogen and oxygen atoms in total. The van der Waals surface area contributed by atoms with Gasteiger partial charge in [-0.15, -0.1) is 0 Å². The maximum atomic E-state index is 13.3. The minimum absolute atomic E-state index is 0.0142. The highest BCUT2D eigenvalue weighted by Crippen LogP contribution is 2.43. The number of hydrogen-bond donors (Lipinski definition) is 1. The van der Waals surface area contributed by atoms with Crippen molar-refractivity contribution in [3.63, 3.8) is 0 Å². The van der Waals surface area contributed by atoms with Crippen molar-refractivity contribution in [3.8, 4) is 11.5 Å².